The van der Waals surface area contributed by atoms with E-state index in [-0.39, 0.29) is 30.5 Å². The van der Waals surface area contributed by atoms with Gasteiger partial charge in [0, 0.05) is 12.1 Å². The second kappa shape index (κ2) is 35.9. The van der Waals surface area contributed by atoms with Crippen LogP contribution in [0.25, 0.3) is 0 Å². The van der Waals surface area contributed by atoms with Crippen molar-refractivity contribution in [2.24, 2.45) is 0 Å². The van der Waals surface area contributed by atoms with Crippen LogP contribution in [0.5, 0.6) is 34.5 Å². The fraction of sp³-hybridized carbons (Fsp3) is 0.407. The maximum atomic E-state index is 13.2. The summed E-state index contributed by atoms with van der Waals surface area (Å²) >= 11 is 0. The molecule has 4 aromatic carbocycles. The maximum absolute atomic E-state index is 13.2. The average molecular weight is 957 g/mol. The second-order valence-electron chi connectivity index (χ2n) is 15.5. The summed E-state index contributed by atoms with van der Waals surface area (Å²) in [5.41, 5.74) is 2.01. The van der Waals surface area contributed by atoms with Crippen LogP contribution < -0.4 is 28.7 Å². The lowest BCUT2D eigenvalue weighted by Crippen LogP contribution is -2.09. The van der Waals surface area contributed by atoms with Crippen molar-refractivity contribution >= 4 is 11.9 Å². The van der Waals surface area contributed by atoms with Gasteiger partial charge < -0.3 is 33.5 Å². The Morgan fingerprint density at radius 2 is 0.841 bits per heavy atom. The third kappa shape index (κ3) is 25.1. The molecule has 69 heavy (non-hydrogen) atoms. The van der Waals surface area contributed by atoms with Crippen LogP contribution in [0, 0.1) is 0 Å². The minimum absolute atomic E-state index is 0.0973. The summed E-state index contributed by atoms with van der Waals surface area (Å²) in [7, 11) is 0. The van der Waals surface area contributed by atoms with Crippen LogP contribution in [0.4, 0.5) is 0 Å². The molecule has 0 aliphatic carbocycles. The smallest absolute Gasteiger partial charge is 0.343 e. The van der Waals surface area contributed by atoms with Crippen molar-refractivity contribution in [2.75, 3.05) is 52.9 Å². The summed E-state index contributed by atoms with van der Waals surface area (Å²) in [5.74, 6) is 1.65. The molecule has 0 spiro atoms. The van der Waals surface area contributed by atoms with Crippen LogP contribution in [0.2, 0.25) is 0 Å². The fourth-order valence-electron chi connectivity index (χ4n) is 6.13. The van der Waals surface area contributed by atoms with E-state index in [2.05, 4.69) is 19.7 Å². The molecule has 0 aliphatic heterocycles. The highest BCUT2D eigenvalue weighted by molar-refractivity contribution is 5.91. The third-order valence-corrected chi connectivity index (χ3v) is 9.85. The molecular formula is C54H68O15. The van der Waals surface area contributed by atoms with Crippen LogP contribution in [0.3, 0.4) is 0 Å². The summed E-state index contributed by atoms with van der Waals surface area (Å²) in [4.78, 5) is 67.0. The number of rotatable bonds is 41. The van der Waals surface area contributed by atoms with Gasteiger partial charge in [-0.05, 0) is 136 Å². The van der Waals surface area contributed by atoms with Crippen LogP contribution in [-0.2, 0) is 52.1 Å². The van der Waals surface area contributed by atoms with Crippen molar-refractivity contribution in [1.82, 2.24) is 0 Å². The molecule has 374 valence electrons. The molecule has 15 heteroatoms. The highest BCUT2D eigenvalue weighted by Crippen LogP contribution is 2.33. The molecule has 4 aromatic rings. The summed E-state index contributed by atoms with van der Waals surface area (Å²) in [6.45, 7) is 14.7. The highest BCUT2D eigenvalue weighted by atomic mass is 17.2. The number of ether oxygens (including phenoxy) is 5. The minimum Gasteiger partial charge on any atom is -0.494 e. The number of hydrogen-bond donors (Lipinski definition) is 0. The van der Waals surface area contributed by atoms with Crippen molar-refractivity contribution in [1.29, 1.82) is 0 Å². The van der Waals surface area contributed by atoms with Crippen molar-refractivity contribution in [3.63, 3.8) is 0 Å². The van der Waals surface area contributed by atoms with E-state index < -0.39 is 11.9 Å². The van der Waals surface area contributed by atoms with Crippen molar-refractivity contribution in [2.45, 2.75) is 90.3 Å². The van der Waals surface area contributed by atoms with Gasteiger partial charge in [0.1, 0.15) is 49.4 Å². The lowest BCUT2D eigenvalue weighted by Gasteiger charge is -2.13. The van der Waals surface area contributed by atoms with Gasteiger partial charge in [-0.1, -0.05) is 55.8 Å². The van der Waals surface area contributed by atoms with Gasteiger partial charge in [-0.25, -0.2) is 29.1 Å². The van der Waals surface area contributed by atoms with Gasteiger partial charge in [-0.3, -0.25) is 0 Å². The predicted octanol–water partition coefficient (Wildman–Crippen LogP) is 11.7. The third-order valence-electron chi connectivity index (χ3n) is 9.85. The van der Waals surface area contributed by atoms with Crippen LogP contribution in [-0.4, -0.2) is 64.8 Å². The van der Waals surface area contributed by atoms with Crippen molar-refractivity contribution in [3.05, 3.63) is 146 Å². The Kier molecular flexibility index (Phi) is 28.8. The first kappa shape index (κ1) is 55.4. The molecule has 0 amide bonds. The molecule has 0 saturated heterocycles. The number of unbranched alkanes of at least 4 members (excludes halogenated alkanes) is 9. The first-order chi connectivity index (χ1) is 34.0. The van der Waals surface area contributed by atoms with Gasteiger partial charge in [-0.15, -0.1) is 13.2 Å². The average Bonchev–Trinajstić information content (AvgIpc) is 3.37. The molecule has 0 aromatic heterocycles. The van der Waals surface area contributed by atoms with E-state index in [1.54, 1.807) is 48.6 Å². The Labute approximate surface area is 406 Å². The molecule has 0 saturated carbocycles. The summed E-state index contributed by atoms with van der Waals surface area (Å²) < 4.78 is 28.3. The van der Waals surface area contributed by atoms with Crippen LogP contribution in [0.1, 0.15) is 98.5 Å². The molecule has 4 rings (SSSR count). The topological polar surface area (TPSA) is 154 Å². The molecule has 0 aliphatic rings. The zero-order valence-electron chi connectivity index (χ0n) is 39.7. The Bertz CT molecular complexity index is 2020. The van der Waals surface area contributed by atoms with Crippen LogP contribution >= 0.6 is 0 Å². The molecule has 0 radical (unpaired) electrons. The predicted molar refractivity (Wildman–Crippen MR) is 259 cm³/mol. The van der Waals surface area contributed by atoms with Crippen molar-refractivity contribution in [3.8, 4) is 34.5 Å². The Hall–Kier alpha value is -6.20. The lowest BCUT2D eigenvalue weighted by atomic mass is 10.2. The van der Waals surface area contributed by atoms with E-state index in [0.29, 0.717) is 64.2 Å². The highest BCUT2D eigenvalue weighted by Gasteiger charge is 2.15. The molecule has 15 nitrogen and oxygen atoms in total. The van der Waals surface area contributed by atoms with Gasteiger partial charge in [0.25, 0.3) is 0 Å². The molecule has 0 fully saturated rings. The fourth-order valence-corrected chi connectivity index (χ4v) is 6.13. The van der Waals surface area contributed by atoms with E-state index in [4.69, 9.17) is 62.8 Å². The van der Waals surface area contributed by atoms with Gasteiger partial charge in [0.05, 0.1) is 45.2 Å². The van der Waals surface area contributed by atoms with Gasteiger partial charge in [0.2, 0.25) is 11.5 Å². The van der Waals surface area contributed by atoms with Crippen molar-refractivity contribution < 1.29 is 72.4 Å². The molecule has 0 atom stereocenters. The van der Waals surface area contributed by atoms with E-state index >= 15 is 0 Å². The summed E-state index contributed by atoms with van der Waals surface area (Å²) in [6, 6.07) is 26.4. The molecule has 0 unspecified atom stereocenters. The standard InChI is InChI=1S/C54H68O15/c1-4-33-61-63-39-17-11-9-14-35-57-47-25-19-44(20-26-47)42-65-68-51-32-31-50(67-54(56)46-23-29-49(30-24-46)59-37-13-7-8-16-38-60-53(55)6-3)41-52(51)69-66-43-45-21-27-48(28-22-45)58-36-15-10-12-18-40-64-62-34-5-2/h4-6,19-32,41H,1-3,7-18,33-40,42-43H2. The molecular weight excluding hydrogens is 889 g/mol. The summed E-state index contributed by atoms with van der Waals surface area (Å²) in [5, 5.41) is 0. The Balaban J connectivity index is 1.25. The van der Waals surface area contributed by atoms with E-state index in [1.165, 1.54) is 6.07 Å². The van der Waals surface area contributed by atoms with E-state index in [9.17, 15) is 9.59 Å². The van der Waals surface area contributed by atoms with Gasteiger partial charge >= 0.3 is 11.9 Å². The minimum atomic E-state index is -0.582. The van der Waals surface area contributed by atoms with E-state index in [1.807, 2.05) is 48.5 Å². The number of benzene rings is 4. The summed E-state index contributed by atoms with van der Waals surface area (Å²) in [6.07, 6.45) is 15.7. The van der Waals surface area contributed by atoms with Gasteiger partial charge in [0.15, 0.2) is 0 Å². The molecule has 0 heterocycles. The van der Waals surface area contributed by atoms with Gasteiger partial charge in [-0.2, -0.15) is 9.78 Å². The Morgan fingerprint density at radius 3 is 1.30 bits per heavy atom. The number of hydrogen-bond acceptors (Lipinski definition) is 15. The lowest BCUT2D eigenvalue weighted by molar-refractivity contribution is -0.286. The zero-order chi connectivity index (χ0) is 48.8. The van der Waals surface area contributed by atoms with E-state index in [0.717, 1.165) is 106 Å². The first-order valence-corrected chi connectivity index (χ1v) is 23.6. The normalized spacial score (nSPS) is 10.8. The Morgan fingerprint density at radius 1 is 0.420 bits per heavy atom. The second-order valence-corrected chi connectivity index (χ2v) is 15.5. The molecule has 0 bridgehead atoms. The molecule has 0 N–H and O–H groups in total. The monoisotopic (exact) mass is 956 g/mol. The number of carbonyl (C=O) groups excluding carboxylic acids is 2. The SMILES string of the molecule is C=CCOOCCCCCCOc1ccc(COOc2ccc(OC(=O)c3ccc(OCCCCCCOC(=O)C=C)cc3)cc2OOCc2ccc(OCCCCCCOOCC=C)cc2)cc1. The zero-order valence-corrected chi connectivity index (χ0v) is 39.7. The largest absolute Gasteiger partial charge is 0.494 e. The first-order valence-electron chi connectivity index (χ1n) is 23.6. The number of carbonyl (C=O) groups is 2. The maximum Gasteiger partial charge on any atom is 0.343 e. The number of esters is 2. The van der Waals surface area contributed by atoms with Crippen LogP contribution in [0.15, 0.2) is 129 Å². The quantitative estimate of drug-likeness (QED) is 0.00787.